The molecule has 122 valence electrons. The van der Waals surface area contributed by atoms with E-state index in [1.807, 2.05) is 13.8 Å². The quantitative estimate of drug-likeness (QED) is 0.765. The maximum Gasteiger partial charge on any atom is 0.348 e. The Hall–Kier alpha value is -1.60. The first-order valence-corrected chi connectivity index (χ1v) is 7.88. The fraction of sp³-hybridized carbons (Fsp3) is 0.500. The fourth-order valence-corrected chi connectivity index (χ4v) is 2.57. The van der Waals surface area contributed by atoms with Crippen LogP contribution in [0.3, 0.4) is 0 Å². The molecular formula is C14H18ClNO5S. The van der Waals surface area contributed by atoms with Crippen molar-refractivity contribution in [1.29, 1.82) is 0 Å². The largest absolute Gasteiger partial charge is 0.467 e. The van der Waals surface area contributed by atoms with Crippen LogP contribution in [0.15, 0.2) is 12.1 Å². The predicted molar refractivity (Wildman–Crippen MR) is 83.0 cm³/mol. The van der Waals surface area contributed by atoms with Gasteiger partial charge < -0.3 is 14.8 Å². The number of nitrogens with one attached hydrogen (secondary N) is 1. The standard InChI is InChI=1S/C14H18ClNO5S/c1-4-8(2)12(14(19)20-3)16-11(17)7-21-13(18)9-5-6-10(15)22-9/h5-6,8,12H,4,7H2,1-3H3,(H,16,17)/t8-,12-/m0/s1. The van der Waals surface area contributed by atoms with E-state index in [0.717, 1.165) is 11.3 Å². The number of hydrogen-bond acceptors (Lipinski definition) is 6. The van der Waals surface area contributed by atoms with Gasteiger partial charge >= 0.3 is 11.9 Å². The van der Waals surface area contributed by atoms with Crippen LogP contribution in [0.4, 0.5) is 0 Å². The zero-order valence-electron chi connectivity index (χ0n) is 12.6. The number of esters is 2. The molecule has 6 nitrogen and oxygen atoms in total. The molecule has 1 aromatic rings. The molecule has 1 N–H and O–H groups in total. The Morgan fingerprint density at radius 1 is 1.36 bits per heavy atom. The lowest BCUT2D eigenvalue weighted by atomic mass is 9.99. The summed E-state index contributed by atoms with van der Waals surface area (Å²) in [5.41, 5.74) is 0. The summed E-state index contributed by atoms with van der Waals surface area (Å²) in [6.07, 6.45) is 0.688. The number of carbonyl (C=O) groups excluding carboxylic acids is 3. The van der Waals surface area contributed by atoms with E-state index in [1.165, 1.54) is 13.2 Å². The third-order valence-electron chi connectivity index (χ3n) is 3.09. The zero-order chi connectivity index (χ0) is 16.7. The third-order valence-corrected chi connectivity index (χ3v) is 4.30. The molecule has 0 fully saturated rings. The van der Waals surface area contributed by atoms with Crippen LogP contribution in [-0.4, -0.2) is 37.6 Å². The average Bonchev–Trinajstić information content (AvgIpc) is 2.95. The molecule has 0 aliphatic rings. The minimum atomic E-state index is -0.766. The SMILES string of the molecule is CC[C@H](C)[C@H](NC(=O)COC(=O)c1ccc(Cl)s1)C(=O)OC. The molecule has 1 heterocycles. The van der Waals surface area contributed by atoms with Crippen LogP contribution in [0.25, 0.3) is 0 Å². The van der Waals surface area contributed by atoms with E-state index < -0.39 is 30.5 Å². The molecule has 0 saturated carbocycles. The van der Waals surface area contributed by atoms with Crippen molar-refractivity contribution < 1.29 is 23.9 Å². The molecule has 1 rings (SSSR count). The molecule has 0 aliphatic heterocycles. The highest BCUT2D eigenvalue weighted by Gasteiger charge is 2.27. The van der Waals surface area contributed by atoms with E-state index in [4.69, 9.17) is 16.3 Å². The minimum Gasteiger partial charge on any atom is -0.467 e. The lowest BCUT2D eigenvalue weighted by Crippen LogP contribution is -2.47. The number of rotatable bonds is 7. The number of halogens is 1. The van der Waals surface area contributed by atoms with Gasteiger partial charge in [0.25, 0.3) is 5.91 Å². The first-order chi connectivity index (χ1) is 10.4. The highest BCUT2D eigenvalue weighted by atomic mass is 35.5. The van der Waals surface area contributed by atoms with Crippen molar-refractivity contribution in [2.24, 2.45) is 5.92 Å². The van der Waals surface area contributed by atoms with Crippen LogP contribution in [0.1, 0.15) is 29.9 Å². The van der Waals surface area contributed by atoms with Gasteiger partial charge in [-0.2, -0.15) is 0 Å². The first-order valence-electron chi connectivity index (χ1n) is 6.68. The van der Waals surface area contributed by atoms with Gasteiger partial charge in [-0.1, -0.05) is 31.9 Å². The lowest BCUT2D eigenvalue weighted by Gasteiger charge is -2.21. The van der Waals surface area contributed by atoms with Gasteiger partial charge in [-0.25, -0.2) is 9.59 Å². The summed E-state index contributed by atoms with van der Waals surface area (Å²) < 4.78 is 10.00. The molecule has 2 atom stereocenters. The molecule has 1 aromatic heterocycles. The van der Waals surface area contributed by atoms with E-state index in [9.17, 15) is 14.4 Å². The number of amides is 1. The van der Waals surface area contributed by atoms with Crippen molar-refractivity contribution in [2.45, 2.75) is 26.3 Å². The van der Waals surface area contributed by atoms with Crippen molar-refractivity contribution in [3.63, 3.8) is 0 Å². The van der Waals surface area contributed by atoms with Gasteiger partial charge in [-0.15, -0.1) is 11.3 Å². The van der Waals surface area contributed by atoms with Gasteiger partial charge in [0.1, 0.15) is 10.9 Å². The number of ether oxygens (including phenoxy) is 2. The van der Waals surface area contributed by atoms with Gasteiger partial charge in [0.05, 0.1) is 11.4 Å². The van der Waals surface area contributed by atoms with Crippen molar-refractivity contribution >= 4 is 40.8 Å². The van der Waals surface area contributed by atoms with Crippen molar-refractivity contribution in [1.82, 2.24) is 5.32 Å². The van der Waals surface area contributed by atoms with Crippen LogP contribution in [0.2, 0.25) is 4.34 Å². The number of hydrogen-bond donors (Lipinski definition) is 1. The average molecular weight is 348 g/mol. The summed E-state index contributed by atoms with van der Waals surface area (Å²) in [6, 6.07) is 2.32. The van der Waals surface area contributed by atoms with Crippen molar-refractivity contribution in [3.8, 4) is 0 Å². The molecule has 0 aliphatic carbocycles. The highest BCUT2D eigenvalue weighted by molar-refractivity contribution is 7.17. The summed E-state index contributed by atoms with van der Waals surface area (Å²) >= 11 is 6.78. The van der Waals surface area contributed by atoms with Gasteiger partial charge in [-0.05, 0) is 18.1 Å². The second kappa shape index (κ2) is 8.75. The van der Waals surface area contributed by atoms with Crippen LogP contribution >= 0.6 is 22.9 Å². The summed E-state index contributed by atoms with van der Waals surface area (Å²) in [7, 11) is 1.25. The molecule has 22 heavy (non-hydrogen) atoms. The van der Waals surface area contributed by atoms with E-state index in [2.05, 4.69) is 10.1 Å². The molecule has 0 saturated heterocycles. The van der Waals surface area contributed by atoms with E-state index in [0.29, 0.717) is 15.6 Å². The summed E-state index contributed by atoms with van der Waals surface area (Å²) in [6.45, 7) is 3.24. The normalized spacial score (nSPS) is 13.1. The number of thiophene rings is 1. The zero-order valence-corrected chi connectivity index (χ0v) is 14.1. The molecule has 1 amide bonds. The molecule has 0 radical (unpaired) electrons. The van der Waals surface area contributed by atoms with Crippen molar-refractivity contribution in [2.75, 3.05) is 13.7 Å². The third kappa shape index (κ3) is 5.31. The van der Waals surface area contributed by atoms with Gasteiger partial charge in [0, 0.05) is 0 Å². The molecule has 0 spiro atoms. The topological polar surface area (TPSA) is 81.7 Å². The van der Waals surface area contributed by atoms with Crippen LogP contribution < -0.4 is 5.32 Å². The second-order valence-corrected chi connectivity index (χ2v) is 6.35. The Bertz CT molecular complexity index is 545. The minimum absolute atomic E-state index is 0.0943. The predicted octanol–water partition coefficient (Wildman–Crippen LogP) is 2.26. The Labute approximate surface area is 137 Å². The van der Waals surface area contributed by atoms with E-state index >= 15 is 0 Å². The Morgan fingerprint density at radius 3 is 2.55 bits per heavy atom. The molecule has 0 bridgehead atoms. The molecule has 8 heteroatoms. The number of methoxy groups -OCH3 is 1. The smallest absolute Gasteiger partial charge is 0.348 e. The summed E-state index contributed by atoms with van der Waals surface area (Å²) in [5.74, 6) is -1.82. The Kier molecular flexibility index (Phi) is 7.34. The van der Waals surface area contributed by atoms with Crippen LogP contribution in [0, 0.1) is 5.92 Å². The maximum absolute atomic E-state index is 11.8. The van der Waals surface area contributed by atoms with Crippen LogP contribution in [0.5, 0.6) is 0 Å². The van der Waals surface area contributed by atoms with Gasteiger partial charge in [0.2, 0.25) is 0 Å². The maximum atomic E-state index is 11.8. The van der Waals surface area contributed by atoms with E-state index in [-0.39, 0.29) is 5.92 Å². The number of carbonyl (C=O) groups is 3. The van der Waals surface area contributed by atoms with Gasteiger partial charge in [-0.3, -0.25) is 4.79 Å². The Balaban J connectivity index is 2.53. The first kappa shape index (κ1) is 18.4. The second-order valence-electron chi connectivity index (χ2n) is 4.63. The van der Waals surface area contributed by atoms with Gasteiger partial charge in [0.15, 0.2) is 6.61 Å². The summed E-state index contributed by atoms with van der Waals surface area (Å²) in [5, 5.41) is 2.52. The molecule has 0 aromatic carbocycles. The monoisotopic (exact) mass is 347 g/mol. The Morgan fingerprint density at radius 2 is 2.05 bits per heavy atom. The fourth-order valence-electron chi connectivity index (χ4n) is 1.64. The molecule has 0 unspecified atom stereocenters. The highest BCUT2D eigenvalue weighted by Crippen LogP contribution is 2.21. The lowest BCUT2D eigenvalue weighted by molar-refractivity contribution is -0.147. The van der Waals surface area contributed by atoms with Crippen LogP contribution in [-0.2, 0) is 19.1 Å². The van der Waals surface area contributed by atoms with E-state index in [1.54, 1.807) is 6.07 Å². The molecular weight excluding hydrogens is 330 g/mol. The summed E-state index contributed by atoms with van der Waals surface area (Å²) in [4.78, 5) is 35.5. The van der Waals surface area contributed by atoms with Crippen molar-refractivity contribution in [3.05, 3.63) is 21.3 Å².